The second kappa shape index (κ2) is 7.67. The van der Waals surface area contributed by atoms with Gasteiger partial charge in [0.1, 0.15) is 23.1 Å². The Balaban J connectivity index is 1.66. The maximum Gasteiger partial charge on any atom is 0.294 e. The minimum Gasteiger partial charge on any atom is -0.503 e. The fraction of sp³-hybridized carbons (Fsp3) is 0.154. The summed E-state index contributed by atoms with van der Waals surface area (Å²) in [5, 5.41) is 12.0. The molecular formula is C26H20ClNO5. The lowest BCUT2D eigenvalue weighted by Crippen LogP contribution is -2.31. The zero-order valence-corrected chi connectivity index (χ0v) is 18.9. The number of ketones is 1. The summed E-state index contributed by atoms with van der Waals surface area (Å²) in [4.78, 5) is 28.2. The average Bonchev–Trinajstić information content (AvgIpc) is 3.43. The van der Waals surface area contributed by atoms with Crippen LogP contribution in [-0.2, 0) is 4.79 Å². The van der Waals surface area contributed by atoms with E-state index in [-0.39, 0.29) is 11.3 Å². The second-order valence-corrected chi connectivity index (χ2v) is 8.69. The number of anilines is 1. The van der Waals surface area contributed by atoms with Gasteiger partial charge in [0.15, 0.2) is 11.5 Å². The topological polar surface area (TPSA) is 83.9 Å². The van der Waals surface area contributed by atoms with E-state index in [0.717, 1.165) is 11.1 Å². The number of fused-ring (bicyclic) bond motifs is 1. The van der Waals surface area contributed by atoms with E-state index >= 15 is 0 Å². The quantitative estimate of drug-likeness (QED) is 0.356. The fourth-order valence-corrected chi connectivity index (χ4v) is 4.50. The molecular weight excluding hydrogens is 442 g/mol. The Hall–Kier alpha value is -3.77. The summed E-state index contributed by atoms with van der Waals surface area (Å²) in [5.41, 5.74) is 2.82. The van der Waals surface area contributed by atoms with Crippen LogP contribution in [0.15, 0.2) is 74.8 Å². The Morgan fingerprint density at radius 3 is 2.36 bits per heavy atom. The molecule has 0 saturated carbocycles. The van der Waals surface area contributed by atoms with Gasteiger partial charge in [-0.25, -0.2) is 0 Å². The highest BCUT2D eigenvalue weighted by Crippen LogP contribution is 2.43. The third kappa shape index (κ3) is 3.52. The minimum atomic E-state index is -0.947. The lowest BCUT2D eigenvalue weighted by atomic mass is 9.99. The molecule has 7 heteroatoms. The van der Waals surface area contributed by atoms with Crippen LogP contribution in [0.3, 0.4) is 0 Å². The van der Waals surface area contributed by atoms with Gasteiger partial charge in [-0.15, -0.1) is 0 Å². The van der Waals surface area contributed by atoms with Crippen molar-refractivity contribution >= 4 is 39.9 Å². The molecule has 0 saturated heterocycles. The van der Waals surface area contributed by atoms with Crippen molar-refractivity contribution < 1.29 is 23.5 Å². The van der Waals surface area contributed by atoms with Gasteiger partial charge in [0, 0.05) is 16.1 Å². The molecule has 1 aliphatic heterocycles. The largest absolute Gasteiger partial charge is 0.503 e. The number of hydrogen-bond acceptors (Lipinski definition) is 5. The van der Waals surface area contributed by atoms with Crippen LogP contribution in [0, 0.1) is 20.8 Å². The third-order valence-corrected chi connectivity index (χ3v) is 5.91. The lowest BCUT2D eigenvalue weighted by Gasteiger charge is -2.25. The smallest absolute Gasteiger partial charge is 0.294 e. The van der Waals surface area contributed by atoms with E-state index in [4.69, 9.17) is 20.4 Å². The number of carbonyl (C=O) groups excluding carboxylic acids is 2. The highest BCUT2D eigenvalue weighted by atomic mass is 35.5. The van der Waals surface area contributed by atoms with Crippen LogP contribution in [0.4, 0.5) is 5.69 Å². The lowest BCUT2D eigenvalue weighted by molar-refractivity contribution is -0.117. The predicted molar refractivity (Wildman–Crippen MR) is 125 cm³/mol. The Kier molecular flexibility index (Phi) is 4.91. The van der Waals surface area contributed by atoms with Crippen molar-refractivity contribution in [2.24, 2.45) is 0 Å². The molecule has 2 aromatic heterocycles. The van der Waals surface area contributed by atoms with Crippen molar-refractivity contribution in [1.82, 2.24) is 0 Å². The van der Waals surface area contributed by atoms with Crippen LogP contribution in [0.5, 0.6) is 0 Å². The SMILES string of the molecule is Cc1cc(C)cc(N2C(=O)C(O)=C(C(=O)c3cc4cc(Cl)ccc4o3)C2c2ccc(C)o2)c1. The number of aryl methyl sites for hydroxylation is 3. The number of benzene rings is 2. The summed E-state index contributed by atoms with van der Waals surface area (Å²) < 4.78 is 11.6. The van der Waals surface area contributed by atoms with Crippen LogP contribution in [0.25, 0.3) is 11.0 Å². The summed E-state index contributed by atoms with van der Waals surface area (Å²) in [6, 6.07) is 14.7. The number of amides is 1. The molecule has 2 aromatic carbocycles. The van der Waals surface area contributed by atoms with Gasteiger partial charge in [-0.05, 0) is 80.4 Å². The number of aliphatic hydroxyl groups excluding tert-OH is 1. The number of hydrogen-bond donors (Lipinski definition) is 1. The molecule has 4 aromatic rings. The molecule has 6 nitrogen and oxygen atoms in total. The summed E-state index contributed by atoms with van der Waals surface area (Å²) >= 11 is 6.06. The molecule has 166 valence electrons. The third-order valence-electron chi connectivity index (χ3n) is 5.67. The van der Waals surface area contributed by atoms with Gasteiger partial charge < -0.3 is 13.9 Å². The molecule has 5 rings (SSSR count). The summed E-state index contributed by atoms with van der Waals surface area (Å²) in [6.45, 7) is 5.61. The van der Waals surface area contributed by atoms with Crippen LogP contribution < -0.4 is 4.90 Å². The normalized spacial score (nSPS) is 16.3. The van der Waals surface area contributed by atoms with Crippen molar-refractivity contribution in [1.29, 1.82) is 0 Å². The van der Waals surface area contributed by atoms with E-state index < -0.39 is 23.5 Å². The van der Waals surface area contributed by atoms with Gasteiger partial charge >= 0.3 is 0 Å². The summed E-state index contributed by atoms with van der Waals surface area (Å²) in [6.07, 6.45) is 0. The Morgan fingerprint density at radius 2 is 1.70 bits per heavy atom. The van der Waals surface area contributed by atoms with Crippen molar-refractivity contribution in [3.05, 3.63) is 99.4 Å². The molecule has 33 heavy (non-hydrogen) atoms. The van der Waals surface area contributed by atoms with E-state index in [2.05, 4.69) is 0 Å². The van der Waals surface area contributed by atoms with Gasteiger partial charge in [-0.3, -0.25) is 14.5 Å². The van der Waals surface area contributed by atoms with E-state index in [1.807, 2.05) is 32.0 Å². The van der Waals surface area contributed by atoms with Crippen molar-refractivity contribution in [2.45, 2.75) is 26.8 Å². The van der Waals surface area contributed by atoms with Crippen molar-refractivity contribution in [3.63, 3.8) is 0 Å². The number of carbonyl (C=O) groups is 2. The summed E-state index contributed by atoms with van der Waals surface area (Å²) in [5.74, 6) is -0.921. The van der Waals surface area contributed by atoms with Crippen LogP contribution in [0.2, 0.25) is 5.02 Å². The number of aliphatic hydroxyl groups is 1. The molecule has 1 N–H and O–H groups in total. The Bertz CT molecular complexity index is 1450. The van der Waals surface area contributed by atoms with E-state index in [9.17, 15) is 14.7 Å². The number of halogens is 1. The number of nitrogens with zero attached hydrogens (tertiary/aromatic N) is 1. The Labute approximate surface area is 194 Å². The van der Waals surface area contributed by atoms with Gasteiger partial charge in [-0.1, -0.05) is 17.7 Å². The average molecular weight is 462 g/mol. The highest BCUT2D eigenvalue weighted by Gasteiger charge is 2.47. The first-order valence-corrected chi connectivity index (χ1v) is 10.8. The monoisotopic (exact) mass is 461 g/mol. The molecule has 0 aliphatic carbocycles. The molecule has 3 heterocycles. The van der Waals surface area contributed by atoms with Gasteiger partial charge in [0.2, 0.25) is 5.78 Å². The van der Waals surface area contributed by atoms with E-state index in [0.29, 0.717) is 33.2 Å². The van der Waals surface area contributed by atoms with Gasteiger partial charge in [0.25, 0.3) is 5.91 Å². The standard InChI is InChI=1S/C26H20ClNO5/c1-13-8-14(2)10-18(9-13)28-23(20-6-4-15(3)32-20)22(25(30)26(28)31)24(29)21-12-16-11-17(27)5-7-19(16)33-21/h4-12,23,30H,1-3H3. The molecule has 0 bridgehead atoms. The maximum absolute atomic E-state index is 13.6. The first kappa shape index (κ1) is 21.1. The first-order valence-electron chi connectivity index (χ1n) is 10.4. The number of rotatable bonds is 4. The molecule has 1 unspecified atom stereocenters. The van der Waals surface area contributed by atoms with E-state index in [1.54, 1.807) is 43.3 Å². The van der Waals surface area contributed by atoms with Crippen LogP contribution in [-0.4, -0.2) is 16.8 Å². The number of Topliss-reactive ketones (excluding diaryl/α,β-unsaturated/α-hetero) is 1. The molecule has 0 spiro atoms. The van der Waals surface area contributed by atoms with Crippen LogP contribution in [0.1, 0.15) is 39.2 Å². The fourth-order valence-electron chi connectivity index (χ4n) is 4.32. The summed E-state index contributed by atoms with van der Waals surface area (Å²) in [7, 11) is 0. The highest BCUT2D eigenvalue weighted by molar-refractivity contribution is 6.31. The molecule has 1 atom stereocenters. The minimum absolute atomic E-state index is 0.00262. The zero-order chi connectivity index (χ0) is 23.4. The molecule has 0 fully saturated rings. The molecule has 0 radical (unpaired) electrons. The molecule has 1 amide bonds. The van der Waals surface area contributed by atoms with Crippen LogP contribution >= 0.6 is 11.6 Å². The van der Waals surface area contributed by atoms with Crippen molar-refractivity contribution in [2.75, 3.05) is 4.90 Å². The predicted octanol–water partition coefficient (Wildman–Crippen LogP) is 6.39. The van der Waals surface area contributed by atoms with Gasteiger partial charge in [0.05, 0.1) is 5.57 Å². The molecule has 1 aliphatic rings. The maximum atomic E-state index is 13.6. The van der Waals surface area contributed by atoms with Crippen molar-refractivity contribution in [3.8, 4) is 0 Å². The zero-order valence-electron chi connectivity index (χ0n) is 18.2. The second-order valence-electron chi connectivity index (χ2n) is 8.26. The number of furan rings is 2. The van der Waals surface area contributed by atoms with E-state index in [1.165, 1.54) is 4.90 Å². The Morgan fingerprint density at radius 1 is 0.970 bits per heavy atom. The first-order chi connectivity index (χ1) is 15.7. The van der Waals surface area contributed by atoms with Gasteiger partial charge in [-0.2, -0.15) is 0 Å².